The Morgan fingerprint density at radius 2 is 1.79 bits per heavy atom. The first-order valence-electron chi connectivity index (χ1n) is 16.1. The van der Waals surface area contributed by atoms with Crippen molar-refractivity contribution in [2.45, 2.75) is 109 Å². The molecule has 234 valence electrons. The molecule has 0 unspecified atom stereocenters. The Kier molecular flexibility index (Phi) is 11.0. The zero-order valence-electron chi connectivity index (χ0n) is 25.4. The zero-order valence-corrected chi connectivity index (χ0v) is 26.2. The van der Waals surface area contributed by atoms with Gasteiger partial charge >= 0.3 is 0 Å². The highest BCUT2D eigenvalue weighted by Crippen LogP contribution is 2.30. The number of pyridine rings is 1. The van der Waals surface area contributed by atoms with Gasteiger partial charge in [0.05, 0.1) is 12.0 Å². The third-order valence-electron chi connectivity index (χ3n) is 9.34. The molecule has 2 saturated carbocycles. The third-order valence-corrected chi connectivity index (χ3v) is 10.3. The van der Waals surface area contributed by atoms with Gasteiger partial charge in [-0.1, -0.05) is 51.4 Å². The Balaban J connectivity index is 1.30. The molecule has 0 radical (unpaired) electrons. The lowest BCUT2D eigenvalue weighted by Crippen LogP contribution is -2.60. The number of hydrogen-bond donors (Lipinski definition) is 4. The van der Waals surface area contributed by atoms with Crippen LogP contribution < -0.4 is 21.7 Å². The van der Waals surface area contributed by atoms with Gasteiger partial charge in [0, 0.05) is 49.0 Å². The second-order valence-corrected chi connectivity index (χ2v) is 13.9. The molecular formula is C32H47N7O3S. The number of aromatic nitrogens is 2. The van der Waals surface area contributed by atoms with Gasteiger partial charge in [0.2, 0.25) is 11.8 Å². The maximum atomic E-state index is 14.2. The molecule has 3 heterocycles. The van der Waals surface area contributed by atoms with Gasteiger partial charge in [-0.2, -0.15) is 0 Å². The number of carbonyl (C=O) groups excluding carboxylic acids is 3. The fourth-order valence-electron chi connectivity index (χ4n) is 6.98. The van der Waals surface area contributed by atoms with E-state index < -0.39 is 12.0 Å². The summed E-state index contributed by atoms with van der Waals surface area (Å²) in [5.41, 5.74) is 6.67. The van der Waals surface area contributed by atoms with Crippen LogP contribution in [-0.4, -0.2) is 63.8 Å². The number of piperidine rings is 1. The molecule has 3 aliphatic rings. The number of carbonyl (C=O) groups is 3. The Labute approximate surface area is 259 Å². The van der Waals surface area contributed by atoms with Crippen LogP contribution in [0.5, 0.6) is 0 Å². The standard InChI is InChI=1S/C32H47N7O3S/c1-21-18-36-31(43-21)30(41)38-26-13-15-39(20-25(26)29(40)35-19-23-12-14-34-28(33)17-23)32(42)27(16-22-8-4-2-5-9-22)37-24-10-6-3-7-11-24/h12,14,17-18,22,24-27,37H,2-11,13,15-16,19-20H2,1H3,(H2,33,34)(H,35,40)(H,38,41)/t25-,26+,27+/m0/s1. The minimum absolute atomic E-state index is 0.0937. The Bertz CT molecular complexity index is 1220. The van der Waals surface area contributed by atoms with Gasteiger partial charge in [0.1, 0.15) is 5.82 Å². The summed E-state index contributed by atoms with van der Waals surface area (Å²) in [4.78, 5) is 52.0. The van der Waals surface area contributed by atoms with Crippen molar-refractivity contribution in [2.24, 2.45) is 11.8 Å². The van der Waals surface area contributed by atoms with Gasteiger partial charge in [-0.05, 0) is 56.2 Å². The second kappa shape index (κ2) is 15.1. The molecule has 0 bridgehead atoms. The van der Waals surface area contributed by atoms with Gasteiger partial charge in [-0.25, -0.2) is 9.97 Å². The number of anilines is 1. The van der Waals surface area contributed by atoms with Crippen LogP contribution in [0.2, 0.25) is 0 Å². The summed E-state index contributed by atoms with van der Waals surface area (Å²) in [7, 11) is 0. The molecule has 3 fully saturated rings. The number of amides is 3. The van der Waals surface area contributed by atoms with E-state index in [1.807, 2.05) is 17.9 Å². The molecule has 1 aliphatic heterocycles. The quantitative estimate of drug-likeness (QED) is 0.320. The van der Waals surface area contributed by atoms with E-state index in [0.717, 1.165) is 29.7 Å². The Morgan fingerprint density at radius 3 is 2.49 bits per heavy atom. The van der Waals surface area contributed by atoms with Crippen molar-refractivity contribution in [3.8, 4) is 0 Å². The molecule has 43 heavy (non-hydrogen) atoms. The highest BCUT2D eigenvalue weighted by atomic mass is 32.1. The van der Waals surface area contributed by atoms with Crippen LogP contribution >= 0.6 is 11.3 Å². The molecular weight excluding hydrogens is 562 g/mol. The highest BCUT2D eigenvalue weighted by Gasteiger charge is 2.39. The van der Waals surface area contributed by atoms with E-state index in [2.05, 4.69) is 25.9 Å². The van der Waals surface area contributed by atoms with Crippen molar-refractivity contribution in [3.05, 3.63) is 40.0 Å². The summed E-state index contributed by atoms with van der Waals surface area (Å²) < 4.78 is 0. The number of aryl methyl sites for hydroxylation is 1. The number of hydrogen-bond acceptors (Lipinski definition) is 8. The maximum absolute atomic E-state index is 14.2. The van der Waals surface area contributed by atoms with Crippen LogP contribution in [0.25, 0.3) is 0 Å². The topological polar surface area (TPSA) is 142 Å². The van der Waals surface area contributed by atoms with Gasteiger partial charge in [-0.3, -0.25) is 14.4 Å². The fraction of sp³-hybridized carbons (Fsp3) is 0.656. The van der Waals surface area contributed by atoms with Crippen LogP contribution in [0.3, 0.4) is 0 Å². The van der Waals surface area contributed by atoms with Crippen LogP contribution in [0, 0.1) is 18.8 Å². The normalized spacial score (nSPS) is 22.6. The van der Waals surface area contributed by atoms with Crippen molar-refractivity contribution < 1.29 is 14.4 Å². The predicted octanol–water partition coefficient (Wildman–Crippen LogP) is 3.95. The van der Waals surface area contributed by atoms with Gasteiger partial charge in [0.15, 0.2) is 5.01 Å². The second-order valence-electron chi connectivity index (χ2n) is 12.6. The molecule has 3 amide bonds. The van der Waals surface area contributed by atoms with Crippen LogP contribution in [0.4, 0.5) is 5.82 Å². The van der Waals surface area contributed by atoms with Crippen molar-refractivity contribution >= 4 is 34.9 Å². The fourth-order valence-corrected chi connectivity index (χ4v) is 7.64. The summed E-state index contributed by atoms with van der Waals surface area (Å²) >= 11 is 1.33. The van der Waals surface area contributed by atoms with Crippen molar-refractivity contribution in [1.82, 2.24) is 30.8 Å². The first-order chi connectivity index (χ1) is 20.9. The van der Waals surface area contributed by atoms with Crippen LogP contribution in [0.15, 0.2) is 24.5 Å². The number of nitrogens with one attached hydrogen (secondary N) is 3. The lowest BCUT2D eigenvalue weighted by atomic mass is 9.83. The smallest absolute Gasteiger partial charge is 0.280 e. The molecule has 5 rings (SSSR count). The Morgan fingerprint density at radius 1 is 1.05 bits per heavy atom. The molecule has 1 saturated heterocycles. The average molecular weight is 610 g/mol. The van der Waals surface area contributed by atoms with Crippen LogP contribution in [-0.2, 0) is 16.1 Å². The van der Waals surface area contributed by atoms with Crippen molar-refractivity contribution in [1.29, 1.82) is 0 Å². The van der Waals surface area contributed by atoms with Gasteiger partial charge in [-0.15, -0.1) is 11.3 Å². The van der Waals surface area contributed by atoms with Gasteiger partial charge in [0.25, 0.3) is 5.91 Å². The Hall–Kier alpha value is -3.05. The largest absolute Gasteiger partial charge is 0.384 e. The first-order valence-corrected chi connectivity index (χ1v) is 16.9. The van der Waals surface area contributed by atoms with E-state index in [4.69, 9.17) is 5.73 Å². The lowest BCUT2D eigenvalue weighted by molar-refractivity contribution is -0.139. The maximum Gasteiger partial charge on any atom is 0.280 e. The zero-order chi connectivity index (χ0) is 30.2. The van der Waals surface area contributed by atoms with Gasteiger partial charge < -0.3 is 26.6 Å². The highest BCUT2D eigenvalue weighted by molar-refractivity contribution is 7.13. The molecule has 2 aromatic heterocycles. The summed E-state index contributed by atoms with van der Waals surface area (Å²) in [5.74, 6) is -0.0267. The van der Waals surface area contributed by atoms with E-state index in [9.17, 15) is 14.4 Å². The molecule has 11 heteroatoms. The predicted molar refractivity (Wildman–Crippen MR) is 168 cm³/mol. The lowest BCUT2D eigenvalue weighted by Gasteiger charge is -2.40. The summed E-state index contributed by atoms with van der Waals surface area (Å²) in [6, 6.07) is 3.26. The number of likely N-dealkylation sites (tertiary alicyclic amines) is 1. The van der Waals surface area contributed by atoms with Crippen molar-refractivity contribution in [2.75, 3.05) is 18.8 Å². The van der Waals surface area contributed by atoms with E-state index in [0.29, 0.717) is 35.8 Å². The number of thiazole rings is 1. The average Bonchev–Trinajstić information content (AvgIpc) is 3.47. The SMILES string of the molecule is Cc1cnc(C(=O)N[C@@H]2CCN(C(=O)[C@@H](CC3CCCCC3)NC3CCCCC3)C[C@@H]2C(=O)NCc2ccnc(N)c2)s1. The van der Waals surface area contributed by atoms with Crippen molar-refractivity contribution in [3.63, 3.8) is 0 Å². The summed E-state index contributed by atoms with van der Waals surface area (Å²) in [6.45, 7) is 2.96. The molecule has 3 atom stereocenters. The minimum atomic E-state index is -0.591. The van der Waals surface area contributed by atoms with E-state index >= 15 is 0 Å². The third kappa shape index (κ3) is 8.75. The van der Waals surface area contributed by atoms with Crippen LogP contribution in [0.1, 0.15) is 97.3 Å². The molecule has 2 aliphatic carbocycles. The number of nitrogens with two attached hydrogens (primary N) is 1. The first kappa shape index (κ1) is 31.4. The summed E-state index contributed by atoms with van der Waals surface area (Å²) in [5, 5.41) is 10.3. The monoisotopic (exact) mass is 609 g/mol. The number of rotatable bonds is 10. The number of nitrogen functional groups attached to an aromatic ring is 1. The minimum Gasteiger partial charge on any atom is -0.384 e. The van der Waals surface area contributed by atoms with E-state index in [1.165, 1.54) is 62.7 Å². The molecule has 0 aromatic carbocycles. The number of nitrogens with zero attached hydrogens (tertiary/aromatic N) is 3. The van der Waals surface area contributed by atoms with E-state index in [1.54, 1.807) is 18.5 Å². The van der Waals surface area contributed by atoms with E-state index in [-0.39, 0.29) is 36.9 Å². The molecule has 0 spiro atoms. The summed E-state index contributed by atoms with van der Waals surface area (Å²) in [6.07, 6.45) is 16.7. The molecule has 5 N–H and O–H groups in total. The molecule has 10 nitrogen and oxygen atoms in total. The molecule has 2 aromatic rings.